The van der Waals surface area contributed by atoms with E-state index in [-0.39, 0.29) is 6.54 Å². The van der Waals surface area contributed by atoms with Gasteiger partial charge in [0.15, 0.2) is 0 Å². The van der Waals surface area contributed by atoms with Crippen molar-refractivity contribution in [1.82, 2.24) is 4.72 Å². The molecule has 7 nitrogen and oxygen atoms in total. The molecule has 0 rings (SSSR count). The molecule has 0 aromatic carbocycles. The van der Waals surface area contributed by atoms with Gasteiger partial charge in [0.1, 0.15) is 0 Å². The van der Waals surface area contributed by atoms with E-state index >= 15 is 0 Å². The van der Waals surface area contributed by atoms with Gasteiger partial charge in [0.25, 0.3) is 0 Å². The number of nitrogens with one attached hydrogen (secondary N) is 1. The number of hydrogen-bond donors (Lipinski definition) is 2. The number of unbranched alkanes of at least 4 members (excludes halogenated alkanes) is 1. The monoisotopic (exact) mass is 194 g/mol. The summed E-state index contributed by atoms with van der Waals surface area (Å²) in [5, 5.41) is 3.25. The molecular weight excluding hydrogens is 184 g/mol. The Morgan fingerprint density at radius 3 is 2.67 bits per heavy atom. The largest absolute Gasteiger partial charge is 0.333 e. The second kappa shape index (κ2) is 5.78. The Bertz CT molecular complexity index is 255. The van der Waals surface area contributed by atoms with Crippen molar-refractivity contribution in [3.8, 4) is 0 Å². The Balaban J connectivity index is 3.28. The van der Waals surface area contributed by atoms with E-state index in [4.69, 9.17) is 10.1 Å². The number of rotatable bonds is 6. The third-order valence-corrected chi connectivity index (χ3v) is 1.60. The lowest BCUT2D eigenvalue weighted by Gasteiger charge is -1.97. The quantitative estimate of drug-likeness (QED) is 0.210. The van der Waals surface area contributed by atoms with E-state index in [1.165, 1.54) is 0 Å². The van der Waals surface area contributed by atoms with Crippen molar-refractivity contribution in [2.75, 3.05) is 13.1 Å². The molecule has 2 N–H and O–H groups in total. The molecule has 0 amide bonds. The molecular formula is C4H10N4O3S. The van der Waals surface area contributed by atoms with Crippen LogP contribution in [0.3, 0.4) is 0 Å². The van der Waals surface area contributed by atoms with Crippen LogP contribution in [-0.2, 0) is 10.3 Å². The Morgan fingerprint density at radius 2 is 2.17 bits per heavy atom. The molecule has 0 saturated carbocycles. The SMILES string of the molecule is [N-]=[N+]=NCCCCNS(=O)(=O)O. The van der Waals surface area contributed by atoms with Crippen molar-refractivity contribution in [3.05, 3.63) is 10.4 Å². The first-order chi connectivity index (χ1) is 5.56. The molecule has 70 valence electrons. The van der Waals surface area contributed by atoms with Crippen LogP contribution in [0.4, 0.5) is 0 Å². The van der Waals surface area contributed by atoms with Gasteiger partial charge in [-0.05, 0) is 18.4 Å². The Kier molecular flexibility index (Phi) is 5.39. The van der Waals surface area contributed by atoms with Crippen molar-refractivity contribution >= 4 is 10.3 Å². The normalized spacial score (nSPS) is 10.8. The van der Waals surface area contributed by atoms with E-state index in [0.29, 0.717) is 19.4 Å². The summed E-state index contributed by atoms with van der Waals surface area (Å²) in [5.74, 6) is 0. The predicted molar refractivity (Wildman–Crippen MR) is 42.8 cm³/mol. The summed E-state index contributed by atoms with van der Waals surface area (Å²) in [6.45, 7) is 0.490. The minimum absolute atomic E-state index is 0.153. The summed E-state index contributed by atoms with van der Waals surface area (Å²) < 4.78 is 30.3. The maximum Gasteiger partial charge on any atom is 0.333 e. The number of hydrogen-bond acceptors (Lipinski definition) is 3. The zero-order chi connectivity index (χ0) is 9.45. The third kappa shape index (κ3) is 9.18. The van der Waals surface area contributed by atoms with Gasteiger partial charge < -0.3 is 0 Å². The van der Waals surface area contributed by atoms with Gasteiger partial charge in [-0.3, -0.25) is 4.55 Å². The minimum atomic E-state index is -4.07. The molecule has 0 bridgehead atoms. The van der Waals surface area contributed by atoms with E-state index in [1.807, 2.05) is 4.72 Å². The second-order valence-electron chi connectivity index (χ2n) is 2.03. The van der Waals surface area contributed by atoms with Gasteiger partial charge in [0.2, 0.25) is 0 Å². The smallest absolute Gasteiger partial charge is 0.273 e. The van der Waals surface area contributed by atoms with Gasteiger partial charge in [0, 0.05) is 18.0 Å². The van der Waals surface area contributed by atoms with Crippen LogP contribution in [0.2, 0.25) is 0 Å². The summed E-state index contributed by atoms with van der Waals surface area (Å²) in [4.78, 5) is 2.52. The van der Waals surface area contributed by atoms with Crippen molar-refractivity contribution in [2.45, 2.75) is 12.8 Å². The van der Waals surface area contributed by atoms with Crippen LogP contribution in [0.25, 0.3) is 10.4 Å². The topological polar surface area (TPSA) is 115 Å². The van der Waals surface area contributed by atoms with E-state index < -0.39 is 10.3 Å². The van der Waals surface area contributed by atoms with Crippen LogP contribution in [0.15, 0.2) is 5.11 Å². The van der Waals surface area contributed by atoms with E-state index in [1.54, 1.807) is 0 Å². The molecule has 0 heterocycles. The zero-order valence-electron chi connectivity index (χ0n) is 6.34. The van der Waals surface area contributed by atoms with Crippen LogP contribution in [0, 0.1) is 0 Å². The highest BCUT2D eigenvalue weighted by Gasteiger charge is 1.99. The van der Waals surface area contributed by atoms with Gasteiger partial charge in [0.05, 0.1) is 0 Å². The number of azide groups is 1. The molecule has 0 aliphatic heterocycles. The van der Waals surface area contributed by atoms with E-state index in [0.717, 1.165) is 0 Å². The lowest BCUT2D eigenvalue weighted by Crippen LogP contribution is -2.23. The maximum atomic E-state index is 10.1. The molecule has 0 aliphatic rings. The highest BCUT2D eigenvalue weighted by molar-refractivity contribution is 7.83. The zero-order valence-corrected chi connectivity index (χ0v) is 7.16. The average Bonchev–Trinajstić information content (AvgIpc) is 1.94. The summed E-state index contributed by atoms with van der Waals surface area (Å²) in [7, 11) is -4.07. The van der Waals surface area contributed by atoms with Crippen molar-refractivity contribution in [1.29, 1.82) is 0 Å². The molecule has 0 aliphatic carbocycles. The van der Waals surface area contributed by atoms with Gasteiger partial charge in [-0.25, -0.2) is 0 Å². The van der Waals surface area contributed by atoms with Crippen LogP contribution in [0.1, 0.15) is 12.8 Å². The van der Waals surface area contributed by atoms with Crippen LogP contribution in [0.5, 0.6) is 0 Å². The fourth-order valence-electron chi connectivity index (χ4n) is 0.553. The molecule has 0 radical (unpaired) electrons. The van der Waals surface area contributed by atoms with Gasteiger partial charge in [-0.15, -0.1) is 0 Å². The van der Waals surface area contributed by atoms with Crippen molar-refractivity contribution < 1.29 is 13.0 Å². The standard InChI is InChI=1S/C4H10N4O3S/c5-8-6-3-1-2-4-7-12(9,10)11/h7H,1-4H2,(H,9,10,11). The molecule has 8 heteroatoms. The molecule has 0 aromatic heterocycles. The van der Waals surface area contributed by atoms with E-state index in [9.17, 15) is 8.42 Å². The summed E-state index contributed by atoms with van der Waals surface area (Å²) in [5.41, 5.74) is 7.86. The van der Waals surface area contributed by atoms with Gasteiger partial charge >= 0.3 is 10.3 Å². The third-order valence-electron chi connectivity index (χ3n) is 1.03. The molecule has 0 unspecified atom stereocenters. The minimum Gasteiger partial charge on any atom is -0.273 e. The van der Waals surface area contributed by atoms with E-state index in [2.05, 4.69) is 10.0 Å². The van der Waals surface area contributed by atoms with Crippen LogP contribution < -0.4 is 4.72 Å². The van der Waals surface area contributed by atoms with Crippen LogP contribution >= 0.6 is 0 Å². The summed E-state index contributed by atoms with van der Waals surface area (Å²) >= 11 is 0. The second-order valence-corrected chi connectivity index (χ2v) is 3.27. The summed E-state index contributed by atoms with van der Waals surface area (Å²) in [6.07, 6.45) is 1.12. The number of nitrogens with zero attached hydrogens (tertiary/aromatic N) is 3. The van der Waals surface area contributed by atoms with Gasteiger partial charge in [-0.2, -0.15) is 13.1 Å². The Labute approximate surface area is 70.3 Å². The Morgan fingerprint density at radius 1 is 1.50 bits per heavy atom. The predicted octanol–water partition coefficient (Wildman–Crippen LogP) is 0.469. The molecule has 0 aromatic rings. The lowest BCUT2D eigenvalue weighted by atomic mass is 10.3. The molecule has 0 atom stereocenters. The molecule has 0 fully saturated rings. The molecule has 0 spiro atoms. The first-order valence-electron chi connectivity index (χ1n) is 3.29. The molecule has 12 heavy (non-hydrogen) atoms. The summed E-state index contributed by atoms with van der Waals surface area (Å²) in [6, 6.07) is 0. The van der Waals surface area contributed by atoms with Gasteiger partial charge in [-0.1, -0.05) is 5.11 Å². The fraction of sp³-hybridized carbons (Fsp3) is 1.00. The average molecular weight is 194 g/mol. The Hall–Kier alpha value is -0.820. The highest BCUT2D eigenvalue weighted by Crippen LogP contribution is 1.88. The first kappa shape index (κ1) is 11.2. The first-order valence-corrected chi connectivity index (χ1v) is 4.73. The fourth-order valence-corrected chi connectivity index (χ4v) is 0.956. The van der Waals surface area contributed by atoms with Crippen molar-refractivity contribution in [2.24, 2.45) is 5.11 Å². The lowest BCUT2D eigenvalue weighted by molar-refractivity contribution is 0.466. The molecule has 0 saturated heterocycles. The maximum absolute atomic E-state index is 10.1. The highest BCUT2D eigenvalue weighted by atomic mass is 32.2. The van der Waals surface area contributed by atoms with Crippen molar-refractivity contribution in [3.63, 3.8) is 0 Å². The van der Waals surface area contributed by atoms with Crippen LogP contribution in [-0.4, -0.2) is 26.1 Å².